The summed E-state index contributed by atoms with van der Waals surface area (Å²) < 4.78 is 11.0. The van der Waals surface area contributed by atoms with Gasteiger partial charge < -0.3 is 9.47 Å². The largest absolute Gasteiger partial charge is 0.497 e. The number of anilines is 1. The van der Waals surface area contributed by atoms with Gasteiger partial charge in [-0.25, -0.2) is 0 Å². The Bertz CT molecular complexity index is 796. The first-order valence-corrected chi connectivity index (χ1v) is 8.41. The highest BCUT2D eigenvalue weighted by atomic mass is 32.2. The van der Waals surface area contributed by atoms with Gasteiger partial charge in [0.2, 0.25) is 0 Å². The molecule has 1 saturated heterocycles. The van der Waals surface area contributed by atoms with Gasteiger partial charge in [0.25, 0.3) is 5.91 Å². The summed E-state index contributed by atoms with van der Waals surface area (Å²) in [5.41, 5.74) is 1.59. The number of nitrogens with zero attached hydrogens (tertiary/aromatic N) is 1. The Morgan fingerprint density at radius 1 is 1.04 bits per heavy atom. The molecule has 0 spiro atoms. The van der Waals surface area contributed by atoms with E-state index in [9.17, 15) is 4.79 Å². The van der Waals surface area contributed by atoms with E-state index in [0.29, 0.717) is 20.7 Å². The SMILES string of the molecule is COc1cc(/C=C2\SC(=S)N(c3ccccc3)C2=O)cc(OC)c1. The fraction of sp³-hybridized carbons (Fsp3) is 0.111. The molecule has 0 saturated carbocycles. The number of methoxy groups -OCH3 is 2. The maximum Gasteiger partial charge on any atom is 0.270 e. The molecule has 1 fully saturated rings. The van der Waals surface area contributed by atoms with Gasteiger partial charge in [-0.3, -0.25) is 9.69 Å². The normalized spacial score (nSPS) is 15.9. The van der Waals surface area contributed by atoms with Crippen LogP contribution < -0.4 is 14.4 Å². The van der Waals surface area contributed by atoms with E-state index >= 15 is 0 Å². The zero-order chi connectivity index (χ0) is 17.1. The van der Waals surface area contributed by atoms with Crippen LogP contribution in [0.2, 0.25) is 0 Å². The summed E-state index contributed by atoms with van der Waals surface area (Å²) >= 11 is 6.65. The van der Waals surface area contributed by atoms with Crippen LogP contribution in [0.4, 0.5) is 5.69 Å². The summed E-state index contributed by atoms with van der Waals surface area (Å²) in [5, 5.41) is 0. The Kier molecular flexibility index (Phi) is 4.87. The lowest BCUT2D eigenvalue weighted by Crippen LogP contribution is -2.27. The minimum Gasteiger partial charge on any atom is -0.497 e. The van der Waals surface area contributed by atoms with Crippen LogP contribution in [0, 0.1) is 0 Å². The standard InChI is InChI=1S/C18H15NO3S2/c1-21-14-8-12(9-15(11-14)22-2)10-16-17(20)19(18(23)24-16)13-6-4-3-5-7-13/h3-11H,1-2H3/b16-10-. The first-order valence-electron chi connectivity index (χ1n) is 7.18. The molecule has 0 aliphatic carbocycles. The maximum absolute atomic E-state index is 12.7. The smallest absolute Gasteiger partial charge is 0.270 e. The Labute approximate surface area is 150 Å². The van der Waals surface area contributed by atoms with Crippen LogP contribution >= 0.6 is 24.0 Å². The van der Waals surface area contributed by atoms with Gasteiger partial charge in [-0.15, -0.1) is 0 Å². The van der Waals surface area contributed by atoms with Gasteiger partial charge >= 0.3 is 0 Å². The fourth-order valence-electron chi connectivity index (χ4n) is 2.33. The quantitative estimate of drug-likeness (QED) is 0.608. The topological polar surface area (TPSA) is 38.8 Å². The number of carbonyl (C=O) groups is 1. The molecule has 2 aromatic rings. The lowest BCUT2D eigenvalue weighted by atomic mass is 10.2. The lowest BCUT2D eigenvalue weighted by molar-refractivity contribution is -0.113. The third kappa shape index (κ3) is 3.29. The second-order valence-electron chi connectivity index (χ2n) is 5.00. The van der Waals surface area contributed by atoms with Crippen LogP contribution in [0.25, 0.3) is 6.08 Å². The molecule has 4 nitrogen and oxygen atoms in total. The van der Waals surface area contributed by atoms with E-state index in [2.05, 4.69) is 0 Å². The molecule has 6 heteroatoms. The van der Waals surface area contributed by atoms with Crippen LogP contribution in [0.1, 0.15) is 5.56 Å². The van der Waals surface area contributed by atoms with E-state index in [1.54, 1.807) is 31.3 Å². The fourth-order valence-corrected chi connectivity index (χ4v) is 3.63. The zero-order valence-corrected chi connectivity index (χ0v) is 14.8. The molecule has 1 amide bonds. The highest BCUT2D eigenvalue weighted by molar-refractivity contribution is 8.27. The Morgan fingerprint density at radius 3 is 2.25 bits per heavy atom. The van der Waals surface area contributed by atoms with Crippen LogP contribution in [-0.2, 0) is 4.79 Å². The van der Waals surface area contributed by atoms with Crippen LogP contribution in [0.3, 0.4) is 0 Å². The monoisotopic (exact) mass is 357 g/mol. The van der Waals surface area contributed by atoms with Gasteiger partial charge in [0.05, 0.1) is 24.8 Å². The molecule has 0 bridgehead atoms. The molecular formula is C18H15NO3S2. The van der Waals surface area contributed by atoms with Crippen molar-refractivity contribution in [1.29, 1.82) is 0 Å². The predicted octanol–water partition coefficient (Wildman–Crippen LogP) is 4.11. The van der Waals surface area contributed by atoms with Crippen molar-refractivity contribution in [2.45, 2.75) is 0 Å². The molecule has 1 heterocycles. The van der Waals surface area contributed by atoms with Gasteiger partial charge in [-0.2, -0.15) is 0 Å². The molecule has 0 aromatic heterocycles. The van der Waals surface area contributed by atoms with E-state index in [1.165, 1.54) is 11.8 Å². The zero-order valence-electron chi connectivity index (χ0n) is 13.2. The second kappa shape index (κ2) is 7.07. The van der Waals surface area contributed by atoms with Crippen molar-refractivity contribution >= 4 is 46.0 Å². The van der Waals surface area contributed by atoms with Gasteiger partial charge in [-0.1, -0.05) is 42.2 Å². The van der Waals surface area contributed by atoms with Crippen molar-refractivity contribution in [2.75, 3.05) is 19.1 Å². The summed E-state index contributed by atoms with van der Waals surface area (Å²) in [6.45, 7) is 0. The number of thioether (sulfide) groups is 1. The number of benzene rings is 2. The Balaban J connectivity index is 1.95. The van der Waals surface area contributed by atoms with Crippen molar-refractivity contribution < 1.29 is 14.3 Å². The molecule has 3 rings (SSSR count). The molecular weight excluding hydrogens is 342 g/mol. The molecule has 0 unspecified atom stereocenters. The molecule has 2 aromatic carbocycles. The van der Waals surface area contributed by atoms with E-state index in [4.69, 9.17) is 21.7 Å². The first kappa shape index (κ1) is 16.5. The van der Waals surface area contributed by atoms with E-state index < -0.39 is 0 Å². The first-order chi connectivity index (χ1) is 11.6. The summed E-state index contributed by atoms with van der Waals surface area (Å²) in [4.78, 5) is 14.8. The minimum atomic E-state index is -0.127. The number of hydrogen-bond donors (Lipinski definition) is 0. The van der Waals surface area contributed by atoms with E-state index in [1.807, 2.05) is 42.5 Å². The number of thiocarbonyl (C=S) groups is 1. The van der Waals surface area contributed by atoms with Crippen LogP contribution in [-0.4, -0.2) is 24.4 Å². The van der Waals surface area contributed by atoms with Gasteiger partial charge in [0.15, 0.2) is 4.32 Å². The number of ether oxygens (including phenoxy) is 2. The van der Waals surface area contributed by atoms with Crippen molar-refractivity contribution in [3.63, 3.8) is 0 Å². The predicted molar refractivity (Wildman–Crippen MR) is 102 cm³/mol. The number of para-hydroxylation sites is 1. The molecule has 24 heavy (non-hydrogen) atoms. The van der Waals surface area contributed by atoms with Crippen LogP contribution in [0.15, 0.2) is 53.4 Å². The summed E-state index contributed by atoms with van der Waals surface area (Å²) in [6, 6.07) is 14.9. The average Bonchev–Trinajstić information content (AvgIpc) is 2.88. The van der Waals surface area contributed by atoms with E-state index in [-0.39, 0.29) is 5.91 Å². The van der Waals surface area contributed by atoms with Crippen molar-refractivity contribution in [1.82, 2.24) is 0 Å². The molecule has 1 aliphatic heterocycles. The van der Waals surface area contributed by atoms with Crippen molar-refractivity contribution in [3.8, 4) is 11.5 Å². The molecule has 1 aliphatic rings. The molecule has 0 radical (unpaired) electrons. The minimum absolute atomic E-state index is 0.127. The number of rotatable bonds is 4. The summed E-state index contributed by atoms with van der Waals surface area (Å²) in [6.07, 6.45) is 1.80. The number of amides is 1. The summed E-state index contributed by atoms with van der Waals surface area (Å²) in [5.74, 6) is 1.20. The van der Waals surface area contributed by atoms with E-state index in [0.717, 1.165) is 11.3 Å². The Morgan fingerprint density at radius 2 is 1.67 bits per heavy atom. The average molecular weight is 357 g/mol. The van der Waals surface area contributed by atoms with Crippen LogP contribution in [0.5, 0.6) is 11.5 Å². The third-order valence-electron chi connectivity index (χ3n) is 3.48. The Hall–Kier alpha value is -2.31. The highest BCUT2D eigenvalue weighted by Crippen LogP contribution is 2.36. The molecule has 0 N–H and O–H groups in total. The highest BCUT2D eigenvalue weighted by Gasteiger charge is 2.33. The summed E-state index contributed by atoms with van der Waals surface area (Å²) in [7, 11) is 3.18. The third-order valence-corrected chi connectivity index (χ3v) is 4.78. The lowest BCUT2D eigenvalue weighted by Gasteiger charge is -2.13. The van der Waals surface area contributed by atoms with Crippen molar-refractivity contribution in [3.05, 3.63) is 59.0 Å². The molecule has 0 atom stereocenters. The maximum atomic E-state index is 12.7. The molecule has 122 valence electrons. The number of carbonyl (C=O) groups excluding carboxylic acids is 1. The van der Waals surface area contributed by atoms with Crippen molar-refractivity contribution in [2.24, 2.45) is 0 Å². The van der Waals surface area contributed by atoms with Gasteiger partial charge in [0, 0.05) is 6.07 Å². The van der Waals surface area contributed by atoms with Gasteiger partial charge in [-0.05, 0) is 35.9 Å². The number of hydrogen-bond acceptors (Lipinski definition) is 5. The van der Waals surface area contributed by atoms with Gasteiger partial charge in [0.1, 0.15) is 11.5 Å². The second-order valence-corrected chi connectivity index (χ2v) is 6.67.